The van der Waals surface area contributed by atoms with Gasteiger partial charge in [-0.25, -0.2) is 4.79 Å². The third-order valence-corrected chi connectivity index (χ3v) is 5.33. The van der Waals surface area contributed by atoms with E-state index in [-0.39, 0.29) is 18.4 Å². The second-order valence-corrected chi connectivity index (χ2v) is 6.81. The SMILES string of the molecule is CCOC(=O)CCc1c(C(=O)OC)cc2c3c1ccn3CCCS2. The molecule has 2 aromatic rings. The molecule has 0 radical (unpaired) electrons. The minimum absolute atomic E-state index is 0.247. The van der Waals surface area contributed by atoms with Crippen LogP contribution in [0.5, 0.6) is 0 Å². The maximum absolute atomic E-state index is 12.3. The summed E-state index contributed by atoms with van der Waals surface area (Å²) < 4.78 is 12.2. The number of nitrogens with zero attached hydrogens (tertiary/aromatic N) is 1. The first-order valence-corrected chi connectivity index (χ1v) is 9.15. The van der Waals surface area contributed by atoms with E-state index < -0.39 is 0 Å². The van der Waals surface area contributed by atoms with Gasteiger partial charge in [-0.15, -0.1) is 11.8 Å². The van der Waals surface area contributed by atoms with Gasteiger partial charge in [-0.2, -0.15) is 0 Å². The molecule has 0 fully saturated rings. The number of rotatable bonds is 5. The highest BCUT2D eigenvalue weighted by molar-refractivity contribution is 7.99. The summed E-state index contributed by atoms with van der Waals surface area (Å²) in [6.07, 6.45) is 3.88. The predicted molar refractivity (Wildman–Crippen MR) is 93.6 cm³/mol. The van der Waals surface area contributed by atoms with Crippen LogP contribution in [0.4, 0.5) is 0 Å². The van der Waals surface area contributed by atoms with Gasteiger partial charge in [0.15, 0.2) is 0 Å². The van der Waals surface area contributed by atoms with Crippen LogP contribution < -0.4 is 0 Å². The van der Waals surface area contributed by atoms with Crippen molar-refractivity contribution in [1.29, 1.82) is 0 Å². The molecule has 0 aliphatic carbocycles. The van der Waals surface area contributed by atoms with E-state index in [1.165, 1.54) is 7.11 Å². The molecule has 1 aliphatic rings. The Labute approximate surface area is 145 Å². The number of carbonyl (C=O) groups is 2. The fourth-order valence-electron chi connectivity index (χ4n) is 3.16. The van der Waals surface area contributed by atoms with Crippen molar-refractivity contribution in [3.05, 3.63) is 29.5 Å². The molecule has 128 valence electrons. The maximum atomic E-state index is 12.3. The Kier molecular flexibility index (Phi) is 5.14. The Morgan fingerprint density at radius 3 is 2.96 bits per heavy atom. The minimum atomic E-state index is -0.357. The van der Waals surface area contributed by atoms with Crippen molar-refractivity contribution < 1.29 is 19.1 Å². The van der Waals surface area contributed by atoms with Crippen LogP contribution >= 0.6 is 11.8 Å². The number of esters is 2. The van der Waals surface area contributed by atoms with Crippen LogP contribution in [-0.2, 0) is 27.2 Å². The van der Waals surface area contributed by atoms with E-state index in [1.54, 1.807) is 18.7 Å². The normalized spacial score (nSPS) is 13.6. The number of ether oxygens (including phenoxy) is 2. The molecular weight excluding hydrogens is 326 g/mol. The van der Waals surface area contributed by atoms with Crippen molar-refractivity contribution in [2.45, 2.75) is 37.6 Å². The van der Waals surface area contributed by atoms with E-state index in [4.69, 9.17) is 9.47 Å². The molecular formula is C18H21NO4S. The van der Waals surface area contributed by atoms with E-state index in [0.717, 1.165) is 40.1 Å². The standard InChI is InChI=1S/C18H21NO4S/c1-3-23-16(20)6-5-12-13-7-9-19-8-4-10-24-15(17(13)19)11-14(12)18(21)22-2/h7,9,11H,3-6,8,10H2,1-2H3. The molecule has 5 nitrogen and oxygen atoms in total. The van der Waals surface area contributed by atoms with Gasteiger partial charge in [-0.3, -0.25) is 4.79 Å². The third-order valence-electron chi connectivity index (χ3n) is 4.21. The first-order valence-electron chi connectivity index (χ1n) is 8.17. The van der Waals surface area contributed by atoms with Crippen molar-refractivity contribution in [3.8, 4) is 0 Å². The molecule has 0 unspecified atom stereocenters. The Bertz CT molecular complexity index is 781. The molecule has 0 saturated heterocycles. The molecule has 6 heteroatoms. The maximum Gasteiger partial charge on any atom is 0.338 e. The van der Waals surface area contributed by atoms with E-state index in [1.807, 2.05) is 12.1 Å². The molecule has 1 aromatic carbocycles. The van der Waals surface area contributed by atoms with E-state index in [9.17, 15) is 9.59 Å². The Morgan fingerprint density at radius 2 is 2.21 bits per heavy atom. The zero-order valence-electron chi connectivity index (χ0n) is 14.0. The molecule has 0 atom stereocenters. The van der Waals surface area contributed by atoms with Crippen LogP contribution in [0.3, 0.4) is 0 Å². The summed E-state index contributed by atoms with van der Waals surface area (Å²) >= 11 is 1.77. The second kappa shape index (κ2) is 7.30. The molecule has 0 saturated carbocycles. The van der Waals surface area contributed by atoms with Gasteiger partial charge >= 0.3 is 11.9 Å². The molecule has 1 aliphatic heterocycles. The minimum Gasteiger partial charge on any atom is -0.466 e. The lowest BCUT2D eigenvalue weighted by Gasteiger charge is -2.13. The molecule has 0 amide bonds. The van der Waals surface area contributed by atoms with Gasteiger partial charge in [0.05, 0.1) is 24.8 Å². The van der Waals surface area contributed by atoms with Gasteiger partial charge in [-0.1, -0.05) is 0 Å². The highest BCUT2D eigenvalue weighted by atomic mass is 32.2. The van der Waals surface area contributed by atoms with Crippen molar-refractivity contribution >= 4 is 34.6 Å². The van der Waals surface area contributed by atoms with Crippen LogP contribution in [0.1, 0.15) is 35.7 Å². The number of aryl methyl sites for hydroxylation is 2. The van der Waals surface area contributed by atoms with Gasteiger partial charge < -0.3 is 14.0 Å². The Balaban J connectivity index is 2.08. The summed E-state index contributed by atoms with van der Waals surface area (Å²) in [6.45, 7) is 3.13. The van der Waals surface area contributed by atoms with Crippen molar-refractivity contribution in [1.82, 2.24) is 4.57 Å². The first-order chi connectivity index (χ1) is 11.7. The average Bonchev–Trinajstić information content (AvgIpc) is 2.89. The van der Waals surface area contributed by atoms with Crippen LogP contribution in [-0.4, -0.2) is 36.0 Å². The van der Waals surface area contributed by atoms with Gasteiger partial charge in [-0.05, 0) is 43.2 Å². The van der Waals surface area contributed by atoms with Crippen molar-refractivity contribution in [2.24, 2.45) is 0 Å². The fraction of sp³-hybridized carbons (Fsp3) is 0.444. The lowest BCUT2D eigenvalue weighted by Crippen LogP contribution is -2.10. The molecule has 24 heavy (non-hydrogen) atoms. The number of hydrogen-bond donors (Lipinski definition) is 0. The predicted octanol–water partition coefficient (Wildman–Crippen LogP) is 3.42. The summed E-state index contributed by atoms with van der Waals surface area (Å²) in [5.41, 5.74) is 2.58. The fourth-order valence-corrected chi connectivity index (χ4v) is 4.22. The van der Waals surface area contributed by atoms with E-state index in [2.05, 4.69) is 10.8 Å². The van der Waals surface area contributed by atoms with Gasteiger partial charge in [0.25, 0.3) is 0 Å². The Morgan fingerprint density at radius 1 is 1.38 bits per heavy atom. The largest absolute Gasteiger partial charge is 0.466 e. The number of methoxy groups -OCH3 is 1. The summed E-state index contributed by atoms with van der Waals surface area (Å²) in [4.78, 5) is 25.1. The van der Waals surface area contributed by atoms with Gasteiger partial charge in [0, 0.05) is 29.4 Å². The second-order valence-electron chi connectivity index (χ2n) is 5.67. The highest BCUT2D eigenvalue weighted by Gasteiger charge is 2.22. The van der Waals surface area contributed by atoms with Crippen LogP contribution in [0.25, 0.3) is 10.9 Å². The van der Waals surface area contributed by atoms with Gasteiger partial charge in [0.2, 0.25) is 0 Å². The molecule has 2 heterocycles. The quantitative estimate of drug-likeness (QED) is 0.776. The third kappa shape index (κ3) is 3.15. The molecule has 1 aromatic heterocycles. The number of thioether (sulfide) groups is 1. The zero-order chi connectivity index (χ0) is 17.1. The average molecular weight is 347 g/mol. The number of benzene rings is 1. The smallest absolute Gasteiger partial charge is 0.338 e. The van der Waals surface area contributed by atoms with Crippen LogP contribution in [0.2, 0.25) is 0 Å². The molecule has 3 rings (SSSR count). The van der Waals surface area contributed by atoms with Crippen molar-refractivity contribution in [2.75, 3.05) is 19.5 Å². The summed E-state index contributed by atoms with van der Waals surface area (Å²) in [5, 5.41) is 1.03. The monoisotopic (exact) mass is 347 g/mol. The number of hydrogen-bond acceptors (Lipinski definition) is 5. The summed E-state index contributed by atoms with van der Waals surface area (Å²) in [5.74, 6) is 0.424. The lowest BCUT2D eigenvalue weighted by atomic mass is 9.98. The van der Waals surface area contributed by atoms with Gasteiger partial charge in [0.1, 0.15) is 0 Å². The summed E-state index contributed by atoms with van der Waals surface area (Å²) in [6, 6.07) is 3.96. The number of aromatic nitrogens is 1. The Hall–Kier alpha value is -1.95. The number of carbonyl (C=O) groups excluding carboxylic acids is 2. The topological polar surface area (TPSA) is 57.5 Å². The summed E-state index contributed by atoms with van der Waals surface area (Å²) in [7, 11) is 1.39. The first kappa shape index (κ1) is 16.9. The highest BCUT2D eigenvalue weighted by Crippen LogP contribution is 2.37. The van der Waals surface area contributed by atoms with E-state index in [0.29, 0.717) is 18.6 Å². The van der Waals surface area contributed by atoms with Crippen LogP contribution in [0.15, 0.2) is 23.2 Å². The molecule has 0 N–H and O–H groups in total. The van der Waals surface area contributed by atoms with Crippen molar-refractivity contribution in [3.63, 3.8) is 0 Å². The zero-order valence-corrected chi connectivity index (χ0v) is 14.8. The van der Waals surface area contributed by atoms with E-state index >= 15 is 0 Å². The lowest BCUT2D eigenvalue weighted by molar-refractivity contribution is -0.143. The van der Waals surface area contributed by atoms with Crippen LogP contribution in [0, 0.1) is 0 Å². The molecule has 0 bridgehead atoms. The molecule has 0 spiro atoms.